The highest BCUT2D eigenvalue weighted by Crippen LogP contribution is 2.40. The second-order valence-electron chi connectivity index (χ2n) is 6.52. The summed E-state index contributed by atoms with van der Waals surface area (Å²) in [7, 11) is 0. The number of anilines is 1. The molecule has 1 heterocycles. The molecule has 1 aliphatic heterocycles. The minimum Gasteiger partial charge on any atom is -0.382 e. The van der Waals surface area contributed by atoms with Crippen LogP contribution in [0.1, 0.15) is 57.4 Å². The molecule has 1 spiro atoms. The normalized spacial score (nSPS) is 24.9. The van der Waals surface area contributed by atoms with Gasteiger partial charge in [-0.25, -0.2) is 0 Å². The monoisotopic (exact) mass is 273 g/mol. The van der Waals surface area contributed by atoms with E-state index < -0.39 is 0 Å². The zero-order valence-electron chi connectivity index (χ0n) is 12.7. The van der Waals surface area contributed by atoms with E-state index in [9.17, 15) is 0 Å². The fraction of sp³-hybridized carbons (Fsp3) is 0.667. The molecule has 20 heavy (non-hydrogen) atoms. The van der Waals surface area contributed by atoms with E-state index in [-0.39, 0.29) is 5.60 Å². The third kappa shape index (κ3) is 3.17. The Morgan fingerprint density at radius 3 is 2.65 bits per heavy atom. The Labute approximate surface area is 122 Å². The largest absolute Gasteiger partial charge is 0.382 e. The second-order valence-corrected chi connectivity index (χ2v) is 6.52. The van der Waals surface area contributed by atoms with E-state index in [1.807, 2.05) is 0 Å². The van der Waals surface area contributed by atoms with Crippen molar-refractivity contribution in [2.75, 3.05) is 11.9 Å². The molecule has 1 aromatic carbocycles. The van der Waals surface area contributed by atoms with Crippen molar-refractivity contribution in [3.05, 3.63) is 29.8 Å². The van der Waals surface area contributed by atoms with E-state index in [0.717, 1.165) is 13.0 Å². The molecule has 0 radical (unpaired) electrons. The number of hydrogen-bond acceptors (Lipinski definition) is 2. The van der Waals surface area contributed by atoms with Crippen LogP contribution in [0.3, 0.4) is 0 Å². The van der Waals surface area contributed by atoms with E-state index in [1.165, 1.54) is 56.2 Å². The molecule has 1 aliphatic carbocycles. The van der Waals surface area contributed by atoms with Crippen LogP contribution >= 0.6 is 0 Å². The first-order valence-corrected chi connectivity index (χ1v) is 8.29. The number of ether oxygens (including phenoxy) is 1. The summed E-state index contributed by atoms with van der Waals surface area (Å²) in [5.74, 6) is 0. The molecule has 1 unspecified atom stereocenters. The van der Waals surface area contributed by atoms with Crippen molar-refractivity contribution in [1.82, 2.24) is 0 Å². The maximum atomic E-state index is 6.11. The number of hydrogen-bond donors (Lipinski definition) is 1. The van der Waals surface area contributed by atoms with Crippen molar-refractivity contribution in [2.24, 2.45) is 0 Å². The van der Waals surface area contributed by atoms with E-state index in [1.54, 1.807) is 0 Å². The van der Waals surface area contributed by atoms with Crippen molar-refractivity contribution < 1.29 is 4.74 Å². The first-order valence-electron chi connectivity index (χ1n) is 8.29. The maximum Gasteiger partial charge on any atom is 0.0702 e. The molecule has 1 aromatic rings. The van der Waals surface area contributed by atoms with Gasteiger partial charge in [0.1, 0.15) is 0 Å². The molecule has 1 saturated heterocycles. The van der Waals surface area contributed by atoms with E-state index >= 15 is 0 Å². The molecule has 1 atom stereocenters. The molecule has 2 heteroatoms. The van der Waals surface area contributed by atoms with E-state index in [4.69, 9.17) is 4.74 Å². The van der Waals surface area contributed by atoms with Crippen molar-refractivity contribution in [2.45, 2.75) is 69.9 Å². The fourth-order valence-electron chi connectivity index (χ4n) is 3.81. The molecule has 0 amide bonds. The van der Waals surface area contributed by atoms with Crippen LogP contribution in [-0.2, 0) is 11.2 Å². The summed E-state index contributed by atoms with van der Waals surface area (Å²) < 4.78 is 6.11. The first kappa shape index (κ1) is 13.9. The molecule has 1 N–H and O–H groups in total. The molecule has 0 aromatic heterocycles. The van der Waals surface area contributed by atoms with Gasteiger partial charge in [-0.15, -0.1) is 0 Å². The standard InChI is InChI=1S/C18H27NO/c1-2-5-15-6-8-16(9-7-15)19-17-10-13-20-18(14-17)11-3-4-12-18/h6-9,17,19H,2-5,10-14H2,1H3. The van der Waals surface area contributed by atoms with Gasteiger partial charge in [-0.05, 0) is 49.8 Å². The second kappa shape index (κ2) is 6.17. The highest BCUT2D eigenvalue weighted by atomic mass is 16.5. The van der Waals surface area contributed by atoms with E-state index in [0.29, 0.717) is 6.04 Å². The number of aryl methyl sites for hydroxylation is 1. The quantitative estimate of drug-likeness (QED) is 0.869. The lowest BCUT2D eigenvalue weighted by atomic mass is 9.89. The molecule has 110 valence electrons. The minimum absolute atomic E-state index is 0.206. The minimum atomic E-state index is 0.206. The highest BCUT2D eigenvalue weighted by molar-refractivity contribution is 5.45. The van der Waals surface area contributed by atoms with Gasteiger partial charge < -0.3 is 10.1 Å². The smallest absolute Gasteiger partial charge is 0.0702 e. The van der Waals surface area contributed by atoms with Crippen LogP contribution in [0.5, 0.6) is 0 Å². The van der Waals surface area contributed by atoms with Gasteiger partial charge in [-0.1, -0.05) is 38.3 Å². The Balaban J connectivity index is 1.59. The lowest BCUT2D eigenvalue weighted by molar-refractivity contribution is -0.0767. The predicted molar refractivity (Wildman–Crippen MR) is 84.2 cm³/mol. The third-order valence-electron chi connectivity index (χ3n) is 4.87. The Morgan fingerprint density at radius 2 is 1.95 bits per heavy atom. The van der Waals surface area contributed by atoms with Crippen LogP contribution in [0.2, 0.25) is 0 Å². The number of nitrogens with one attached hydrogen (secondary N) is 1. The van der Waals surface area contributed by atoms with Crippen LogP contribution in [0.15, 0.2) is 24.3 Å². The number of benzene rings is 1. The summed E-state index contributed by atoms with van der Waals surface area (Å²) in [5, 5.41) is 3.72. The molecule has 2 fully saturated rings. The Bertz CT molecular complexity index is 420. The SMILES string of the molecule is CCCc1ccc(NC2CCOC3(CCCC3)C2)cc1. The predicted octanol–water partition coefficient (Wildman–Crippen LogP) is 4.54. The van der Waals surface area contributed by atoms with Gasteiger partial charge in [0.05, 0.1) is 5.60 Å². The van der Waals surface area contributed by atoms with Crippen molar-refractivity contribution in [3.63, 3.8) is 0 Å². The Hall–Kier alpha value is -1.02. The summed E-state index contributed by atoms with van der Waals surface area (Å²) in [4.78, 5) is 0. The van der Waals surface area contributed by atoms with Crippen LogP contribution in [0.4, 0.5) is 5.69 Å². The van der Waals surface area contributed by atoms with Gasteiger partial charge in [-0.3, -0.25) is 0 Å². The van der Waals surface area contributed by atoms with Crippen molar-refractivity contribution in [3.8, 4) is 0 Å². The third-order valence-corrected chi connectivity index (χ3v) is 4.87. The summed E-state index contributed by atoms with van der Waals surface area (Å²) in [5.41, 5.74) is 2.92. The molecular formula is C18H27NO. The summed E-state index contributed by atoms with van der Waals surface area (Å²) in [6.07, 6.45) is 9.94. The molecule has 0 bridgehead atoms. The van der Waals surface area contributed by atoms with Gasteiger partial charge in [0.25, 0.3) is 0 Å². The lowest BCUT2D eigenvalue weighted by Gasteiger charge is -2.39. The molecule has 3 rings (SSSR count). The van der Waals surface area contributed by atoms with Crippen molar-refractivity contribution in [1.29, 1.82) is 0 Å². The average Bonchev–Trinajstić information content (AvgIpc) is 2.89. The van der Waals surface area contributed by atoms with Crippen LogP contribution in [-0.4, -0.2) is 18.2 Å². The number of rotatable bonds is 4. The average molecular weight is 273 g/mol. The summed E-state index contributed by atoms with van der Waals surface area (Å²) in [6, 6.07) is 9.58. The molecule has 1 saturated carbocycles. The molecular weight excluding hydrogens is 246 g/mol. The topological polar surface area (TPSA) is 21.3 Å². The van der Waals surface area contributed by atoms with Gasteiger partial charge >= 0.3 is 0 Å². The zero-order valence-corrected chi connectivity index (χ0v) is 12.7. The van der Waals surface area contributed by atoms with Crippen LogP contribution in [0.25, 0.3) is 0 Å². The van der Waals surface area contributed by atoms with Gasteiger partial charge in [0.2, 0.25) is 0 Å². The summed E-state index contributed by atoms with van der Waals surface area (Å²) in [6.45, 7) is 3.15. The lowest BCUT2D eigenvalue weighted by Crippen LogP contribution is -2.42. The first-order chi connectivity index (χ1) is 9.80. The van der Waals surface area contributed by atoms with Crippen LogP contribution in [0, 0.1) is 0 Å². The zero-order chi connectivity index (χ0) is 13.8. The summed E-state index contributed by atoms with van der Waals surface area (Å²) >= 11 is 0. The van der Waals surface area contributed by atoms with E-state index in [2.05, 4.69) is 36.5 Å². The highest BCUT2D eigenvalue weighted by Gasteiger charge is 2.39. The Morgan fingerprint density at radius 1 is 1.20 bits per heavy atom. The fourth-order valence-corrected chi connectivity index (χ4v) is 3.81. The molecule has 2 nitrogen and oxygen atoms in total. The van der Waals surface area contributed by atoms with Gasteiger partial charge in [0.15, 0.2) is 0 Å². The maximum absolute atomic E-state index is 6.11. The van der Waals surface area contributed by atoms with Gasteiger partial charge in [-0.2, -0.15) is 0 Å². The van der Waals surface area contributed by atoms with Crippen molar-refractivity contribution >= 4 is 5.69 Å². The van der Waals surface area contributed by atoms with Gasteiger partial charge in [0, 0.05) is 18.3 Å². The molecule has 2 aliphatic rings. The Kier molecular flexibility index (Phi) is 4.30. The van der Waals surface area contributed by atoms with Crippen LogP contribution < -0.4 is 5.32 Å².